The van der Waals surface area contributed by atoms with Crippen molar-refractivity contribution in [3.05, 3.63) is 11.2 Å². The van der Waals surface area contributed by atoms with Crippen LogP contribution in [0, 0.1) is 0 Å². The number of anilines is 1. The highest BCUT2D eigenvalue weighted by Gasteiger charge is 2.18. The number of piperidine rings is 1. The van der Waals surface area contributed by atoms with Crippen LogP contribution in [0.3, 0.4) is 0 Å². The molecule has 1 aromatic rings. The maximum Gasteiger partial charge on any atom is 0.224 e. The Kier molecular flexibility index (Phi) is 3.46. The van der Waals surface area contributed by atoms with E-state index in [0.29, 0.717) is 11.0 Å². The third-order valence-corrected chi connectivity index (χ3v) is 2.84. The van der Waals surface area contributed by atoms with E-state index in [9.17, 15) is 0 Å². The van der Waals surface area contributed by atoms with Crippen molar-refractivity contribution in [3.8, 4) is 5.88 Å². The van der Waals surface area contributed by atoms with Crippen LogP contribution in [-0.2, 0) is 0 Å². The van der Waals surface area contributed by atoms with Gasteiger partial charge in [-0.1, -0.05) is 11.6 Å². The van der Waals surface area contributed by atoms with Crippen LogP contribution in [0.5, 0.6) is 5.88 Å². The second-order valence-corrected chi connectivity index (χ2v) is 4.39. The van der Waals surface area contributed by atoms with E-state index in [1.54, 1.807) is 6.07 Å². The summed E-state index contributed by atoms with van der Waals surface area (Å²) in [5, 5.41) is 0.315. The van der Waals surface area contributed by atoms with Gasteiger partial charge < -0.3 is 15.4 Å². The van der Waals surface area contributed by atoms with E-state index in [1.807, 2.05) is 0 Å². The van der Waals surface area contributed by atoms with Crippen molar-refractivity contribution in [2.75, 3.05) is 25.9 Å². The van der Waals surface area contributed by atoms with Gasteiger partial charge in [-0.15, -0.1) is 0 Å². The van der Waals surface area contributed by atoms with Crippen molar-refractivity contribution in [2.45, 2.75) is 18.9 Å². The molecule has 0 unspecified atom stereocenters. The number of hydrogen-bond acceptors (Lipinski definition) is 5. The SMILES string of the molecule is CN1CCC(Oc2cc(Cl)nc(N)n2)CC1. The maximum atomic E-state index is 5.77. The van der Waals surface area contributed by atoms with Gasteiger partial charge in [0.2, 0.25) is 11.8 Å². The van der Waals surface area contributed by atoms with E-state index in [4.69, 9.17) is 22.1 Å². The van der Waals surface area contributed by atoms with E-state index in [0.717, 1.165) is 25.9 Å². The summed E-state index contributed by atoms with van der Waals surface area (Å²) in [6, 6.07) is 1.59. The molecule has 0 amide bonds. The smallest absolute Gasteiger partial charge is 0.224 e. The number of rotatable bonds is 2. The van der Waals surface area contributed by atoms with Gasteiger partial charge >= 0.3 is 0 Å². The van der Waals surface area contributed by atoms with Crippen LogP contribution in [0.15, 0.2) is 6.07 Å². The van der Waals surface area contributed by atoms with Crippen molar-refractivity contribution in [1.29, 1.82) is 0 Å². The first-order valence-corrected chi connectivity index (χ1v) is 5.66. The van der Waals surface area contributed by atoms with E-state index < -0.39 is 0 Å². The highest BCUT2D eigenvalue weighted by molar-refractivity contribution is 6.29. The molecule has 16 heavy (non-hydrogen) atoms. The molecule has 6 heteroatoms. The predicted octanol–water partition coefficient (Wildman–Crippen LogP) is 1.19. The van der Waals surface area contributed by atoms with Crippen LogP contribution < -0.4 is 10.5 Å². The molecule has 0 radical (unpaired) electrons. The Balaban J connectivity index is 1.98. The molecule has 1 aliphatic rings. The van der Waals surface area contributed by atoms with Gasteiger partial charge in [-0.25, -0.2) is 4.98 Å². The summed E-state index contributed by atoms with van der Waals surface area (Å²) < 4.78 is 5.72. The van der Waals surface area contributed by atoms with Gasteiger partial charge in [0.1, 0.15) is 11.3 Å². The largest absolute Gasteiger partial charge is 0.474 e. The lowest BCUT2D eigenvalue weighted by atomic mass is 10.1. The summed E-state index contributed by atoms with van der Waals surface area (Å²) >= 11 is 5.77. The molecule has 2 rings (SSSR count). The molecule has 2 heterocycles. The number of halogens is 1. The number of hydrogen-bond donors (Lipinski definition) is 1. The number of nitrogens with two attached hydrogens (primary N) is 1. The Hall–Kier alpha value is -1.07. The average molecular weight is 243 g/mol. The van der Waals surface area contributed by atoms with Crippen molar-refractivity contribution in [1.82, 2.24) is 14.9 Å². The second-order valence-electron chi connectivity index (χ2n) is 4.01. The Morgan fingerprint density at radius 1 is 1.44 bits per heavy atom. The predicted molar refractivity (Wildman–Crippen MR) is 62.6 cm³/mol. The van der Waals surface area contributed by atoms with E-state index in [2.05, 4.69) is 21.9 Å². The standard InChI is InChI=1S/C10H15ClN4O/c1-15-4-2-7(3-5-15)16-9-6-8(11)13-10(12)14-9/h6-7H,2-5H2,1H3,(H2,12,13,14). The van der Waals surface area contributed by atoms with E-state index in [-0.39, 0.29) is 12.1 Å². The lowest BCUT2D eigenvalue weighted by Gasteiger charge is -2.28. The van der Waals surface area contributed by atoms with Crippen LogP contribution in [0.25, 0.3) is 0 Å². The number of likely N-dealkylation sites (tertiary alicyclic amines) is 1. The van der Waals surface area contributed by atoms with Gasteiger partial charge in [0, 0.05) is 19.2 Å². The molecule has 0 aliphatic carbocycles. The summed E-state index contributed by atoms with van der Waals surface area (Å²) in [5.41, 5.74) is 5.49. The zero-order valence-electron chi connectivity index (χ0n) is 9.19. The van der Waals surface area contributed by atoms with Crippen molar-refractivity contribution < 1.29 is 4.74 Å². The highest BCUT2D eigenvalue weighted by Crippen LogP contribution is 2.19. The van der Waals surface area contributed by atoms with E-state index >= 15 is 0 Å². The first kappa shape index (κ1) is 11.4. The molecule has 88 valence electrons. The van der Waals surface area contributed by atoms with E-state index in [1.165, 1.54) is 0 Å². The van der Waals surface area contributed by atoms with Gasteiger partial charge in [-0.3, -0.25) is 0 Å². The fourth-order valence-electron chi connectivity index (χ4n) is 1.75. The molecular formula is C10H15ClN4O. The fraction of sp³-hybridized carbons (Fsp3) is 0.600. The van der Waals surface area contributed by atoms with Gasteiger partial charge in [-0.2, -0.15) is 4.98 Å². The minimum Gasteiger partial charge on any atom is -0.474 e. The van der Waals surface area contributed by atoms with Crippen LogP contribution >= 0.6 is 11.6 Å². The Morgan fingerprint density at radius 2 is 2.12 bits per heavy atom. The number of aromatic nitrogens is 2. The average Bonchev–Trinajstić information content (AvgIpc) is 2.20. The van der Waals surface area contributed by atoms with Crippen molar-refractivity contribution >= 4 is 17.5 Å². The van der Waals surface area contributed by atoms with Crippen LogP contribution in [0.1, 0.15) is 12.8 Å². The Morgan fingerprint density at radius 3 is 2.75 bits per heavy atom. The molecular weight excluding hydrogens is 228 g/mol. The summed E-state index contributed by atoms with van der Waals surface area (Å²) in [5.74, 6) is 0.613. The summed E-state index contributed by atoms with van der Waals surface area (Å²) in [4.78, 5) is 10.1. The third-order valence-electron chi connectivity index (χ3n) is 2.64. The van der Waals surface area contributed by atoms with Crippen LogP contribution in [0.2, 0.25) is 5.15 Å². The molecule has 1 aliphatic heterocycles. The molecule has 1 aromatic heterocycles. The Labute approximate surface area is 99.6 Å². The Bertz CT molecular complexity index is 346. The van der Waals surface area contributed by atoms with Crippen molar-refractivity contribution in [3.63, 3.8) is 0 Å². The minimum atomic E-state index is 0.149. The van der Waals surface area contributed by atoms with Crippen LogP contribution in [0.4, 0.5) is 5.95 Å². The van der Waals surface area contributed by atoms with Gasteiger partial charge in [0.15, 0.2) is 0 Å². The number of nitrogens with zero attached hydrogens (tertiary/aromatic N) is 3. The quantitative estimate of drug-likeness (QED) is 0.790. The fourth-order valence-corrected chi connectivity index (χ4v) is 1.93. The summed E-state index contributed by atoms with van der Waals surface area (Å²) in [6.07, 6.45) is 2.19. The molecule has 0 atom stereocenters. The molecule has 0 bridgehead atoms. The van der Waals surface area contributed by atoms with Crippen molar-refractivity contribution in [2.24, 2.45) is 0 Å². The maximum absolute atomic E-state index is 5.77. The summed E-state index contributed by atoms with van der Waals surface area (Å²) in [7, 11) is 2.11. The first-order chi connectivity index (χ1) is 7.63. The third kappa shape index (κ3) is 2.96. The van der Waals surface area contributed by atoms with Crippen LogP contribution in [-0.4, -0.2) is 41.1 Å². The zero-order chi connectivity index (χ0) is 11.5. The lowest BCUT2D eigenvalue weighted by molar-refractivity contribution is 0.110. The van der Waals surface area contributed by atoms with Gasteiger partial charge in [0.25, 0.3) is 0 Å². The molecule has 1 fully saturated rings. The van der Waals surface area contributed by atoms with Gasteiger partial charge in [-0.05, 0) is 19.9 Å². The highest BCUT2D eigenvalue weighted by atomic mass is 35.5. The summed E-state index contributed by atoms with van der Waals surface area (Å²) in [6.45, 7) is 2.08. The second kappa shape index (κ2) is 4.84. The lowest BCUT2D eigenvalue weighted by Crippen LogP contribution is -2.35. The zero-order valence-corrected chi connectivity index (χ0v) is 9.94. The monoisotopic (exact) mass is 242 g/mol. The molecule has 0 aromatic carbocycles. The molecule has 2 N–H and O–H groups in total. The number of ether oxygens (including phenoxy) is 1. The van der Waals surface area contributed by atoms with Gasteiger partial charge in [0.05, 0.1) is 0 Å². The first-order valence-electron chi connectivity index (χ1n) is 5.29. The molecule has 0 spiro atoms. The molecule has 0 saturated carbocycles. The normalized spacial score (nSPS) is 18.6. The molecule has 1 saturated heterocycles. The minimum absolute atomic E-state index is 0.149. The topological polar surface area (TPSA) is 64.3 Å². The molecule has 5 nitrogen and oxygen atoms in total. The number of nitrogen functional groups attached to an aromatic ring is 1.